The smallest absolute Gasteiger partial charge is 0.308 e. The zero-order chi connectivity index (χ0) is 15.3. The molecule has 0 radical (unpaired) electrons. The van der Waals surface area contributed by atoms with Gasteiger partial charge in [0.15, 0.2) is 0 Å². The zero-order valence-corrected chi connectivity index (χ0v) is 10.6. The fraction of sp³-hybridized carbons (Fsp3) is 0.333. The number of methoxy groups -OCH3 is 1. The normalized spacial score (nSPS) is 13.3. The van der Waals surface area contributed by atoms with Gasteiger partial charge in [-0.2, -0.15) is 0 Å². The average molecular weight is 283 g/mol. The number of hydrogen-bond acceptors (Lipinski definition) is 7. The van der Waals surface area contributed by atoms with Crippen molar-refractivity contribution in [1.29, 1.82) is 0 Å². The van der Waals surface area contributed by atoms with Gasteiger partial charge >= 0.3 is 5.97 Å². The number of ether oxygens (including phenoxy) is 1. The molecule has 1 rings (SSSR count). The molecule has 1 aromatic carbocycles. The number of esters is 1. The van der Waals surface area contributed by atoms with Crippen LogP contribution in [0.2, 0.25) is 0 Å². The highest BCUT2D eigenvalue weighted by atomic mass is 16.6. The first kappa shape index (κ1) is 15.7. The third kappa shape index (κ3) is 3.84. The summed E-state index contributed by atoms with van der Waals surface area (Å²) in [5, 5.41) is 30.2. The van der Waals surface area contributed by atoms with Crippen molar-refractivity contribution in [2.45, 2.75) is 18.6 Å². The van der Waals surface area contributed by atoms with Crippen LogP contribution in [0.5, 0.6) is 0 Å². The lowest BCUT2D eigenvalue weighted by atomic mass is 9.99. The lowest BCUT2D eigenvalue weighted by Gasteiger charge is -2.17. The Morgan fingerprint density at radius 2 is 2.10 bits per heavy atom. The SMILES string of the molecule is COC(=O)CC(O)C(O)c1cc(C=O)cc([N+](=O)[O-])c1. The number of benzene rings is 1. The van der Waals surface area contributed by atoms with Crippen molar-refractivity contribution in [2.24, 2.45) is 0 Å². The van der Waals surface area contributed by atoms with E-state index in [0.717, 1.165) is 19.2 Å². The summed E-state index contributed by atoms with van der Waals surface area (Å²) < 4.78 is 4.34. The zero-order valence-electron chi connectivity index (χ0n) is 10.6. The molecule has 0 fully saturated rings. The van der Waals surface area contributed by atoms with Crippen LogP contribution in [0.15, 0.2) is 18.2 Å². The number of non-ortho nitro benzene ring substituents is 1. The van der Waals surface area contributed by atoms with Gasteiger partial charge in [0.2, 0.25) is 0 Å². The predicted octanol–water partition coefficient (Wildman–Crippen LogP) is 0.365. The molecule has 0 bridgehead atoms. The molecular weight excluding hydrogens is 270 g/mol. The van der Waals surface area contributed by atoms with Crippen LogP contribution >= 0.6 is 0 Å². The molecule has 0 aliphatic heterocycles. The van der Waals surface area contributed by atoms with Gasteiger partial charge in [-0.1, -0.05) is 0 Å². The summed E-state index contributed by atoms with van der Waals surface area (Å²) in [5.41, 5.74) is -0.440. The van der Waals surface area contributed by atoms with E-state index in [1.54, 1.807) is 0 Å². The minimum absolute atomic E-state index is 0.0153. The molecule has 2 unspecified atom stereocenters. The molecule has 20 heavy (non-hydrogen) atoms. The fourth-order valence-electron chi connectivity index (χ4n) is 1.59. The van der Waals surface area contributed by atoms with Crippen LogP contribution in [0.4, 0.5) is 5.69 Å². The van der Waals surface area contributed by atoms with Gasteiger partial charge in [-0.05, 0) is 11.6 Å². The van der Waals surface area contributed by atoms with Gasteiger partial charge in [0.25, 0.3) is 5.69 Å². The molecule has 0 saturated carbocycles. The number of carbonyl (C=O) groups excluding carboxylic acids is 2. The molecule has 0 aromatic heterocycles. The van der Waals surface area contributed by atoms with Crippen molar-refractivity contribution in [3.05, 3.63) is 39.4 Å². The Balaban J connectivity index is 3.05. The topological polar surface area (TPSA) is 127 Å². The molecule has 8 nitrogen and oxygen atoms in total. The minimum Gasteiger partial charge on any atom is -0.469 e. The maximum atomic E-state index is 11.0. The number of aliphatic hydroxyl groups is 2. The number of rotatable bonds is 6. The lowest BCUT2D eigenvalue weighted by Crippen LogP contribution is -2.22. The first-order valence-electron chi connectivity index (χ1n) is 5.56. The molecular formula is C12H13NO7. The Morgan fingerprint density at radius 1 is 1.45 bits per heavy atom. The van der Waals surface area contributed by atoms with Crippen LogP contribution < -0.4 is 0 Å². The summed E-state index contributed by atoms with van der Waals surface area (Å²) in [6, 6.07) is 3.26. The van der Waals surface area contributed by atoms with Crippen LogP contribution in [0.1, 0.15) is 28.4 Å². The first-order chi connectivity index (χ1) is 9.38. The molecule has 0 amide bonds. The van der Waals surface area contributed by atoms with E-state index in [1.165, 1.54) is 6.07 Å². The second kappa shape index (κ2) is 6.73. The van der Waals surface area contributed by atoms with Gasteiger partial charge in [0.1, 0.15) is 12.4 Å². The van der Waals surface area contributed by atoms with E-state index >= 15 is 0 Å². The molecule has 0 aliphatic carbocycles. The van der Waals surface area contributed by atoms with Crippen molar-refractivity contribution in [3.63, 3.8) is 0 Å². The van der Waals surface area contributed by atoms with Crippen LogP contribution in [0, 0.1) is 10.1 Å². The van der Waals surface area contributed by atoms with Gasteiger partial charge in [-0.3, -0.25) is 19.7 Å². The molecule has 1 aromatic rings. The van der Waals surface area contributed by atoms with Crippen LogP contribution in [0.3, 0.4) is 0 Å². The maximum absolute atomic E-state index is 11.0. The van der Waals surface area contributed by atoms with Crippen LogP contribution in [-0.4, -0.2) is 40.6 Å². The van der Waals surface area contributed by atoms with E-state index in [1.807, 2.05) is 0 Å². The lowest BCUT2D eigenvalue weighted by molar-refractivity contribution is -0.385. The molecule has 108 valence electrons. The van der Waals surface area contributed by atoms with E-state index in [4.69, 9.17) is 0 Å². The average Bonchev–Trinajstić information content (AvgIpc) is 2.45. The second-order valence-corrected chi connectivity index (χ2v) is 4.03. The summed E-state index contributed by atoms with van der Waals surface area (Å²) in [7, 11) is 1.12. The Kier molecular flexibility index (Phi) is 5.30. The first-order valence-corrected chi connectivity index (χ1v) is 5.56. The van der Waals surface area contributed by atoms with Crippen LogP contribution in [0.25, 0.3) is 0 Å². The summed E-state index contributed by atoms with van der Waals surface area (Å²) in [6.07, 6.45) is -3.14. The van der Waals surface area contributed by atoms with E-state index in [2.05, 4.69) is 4.74 Å². The van der Waals surface area contributed by atoms with Crippen molar-refractivity contribution < 1.29 is 29.5 Å². The Hall–Kier alpha value is -2.32. The van der Waals surface area contributed by atoms with Gasteiger partial charge in [-0.15, -0.1) is 0 Å². The molecule has 8 heteroatoms. The van der Waals surface area contributed by atoms with Crippen molar-refractivity contribution in [1.82, 2.24) is 0 Å². The summed E-state index contributed by atoms with van der Waals surface area (Å²) >= 11 is 0. The van der Waals surface area contributed by atoms with Crippen LogP contribution in [-0.2, 0) is 9.53 Å². The number of aldehydes is 1. The number of nitro benzene ring substituents is 1. The summed E-state index contributed by atoms with van der Waals surface area (Å²) in [5.74, 6) is -0.738. The number of hydrogen-bond donors (Lipinski definition) is 2. The summed E-state index contributed by atoms with van der Waals surface area (Å²) in [4.78, 5) is 31.7. The molecule has 2 atom stereocenters. The molecule has 0 heterocycles. The highest BCUT2D eigenvalue weighted by molar-refractivity contribution is 5.76. The third-order valence-corrected chi connectivity index (χ3v) is 2.62. The highest BCUT2D eigenvalue weighted by Gasteiger charge is 2.24. The quantitative estimate of drug-likeness (QED) is 0.334. The van der Waals surface area contributed by atoms with Crippen molar-refractivity contribution >= 4 is 17.9 Å². The van der Waals surface area contributed by atoms with E-state index in [-0.39, 0.29) is 11.1 Å². The minimum atomic E-state index is -1.55. The van der Waals surface area contributed by atoms with E-state index in [0.29, 0.717) is 6.29 Å². The number of nitro groups is 1. The summed E-state index contributed by atoms with van der Waals surface area (Å²) in [6.45, 7) is 0. The van der Waals surface area contributed by atoms with Gasteiger partial charge < -0.3 is 14.9 Å². The number of carbonyl (C=O) groups is 2. The third-order valence-electron chi connectivity index (χ3n) is 2.62. The van der Waals surface area contributed by atoms with Crippen molar-refractivity contribution in [3.8, 4) is 0 Å². The fourth-order valence-corrected chi connectivity index (χ4v) is 1.59. The predicted molar refractivity (Wildman–Crippen MR) is 66.1 cm³/mol. The largest absolute Gasteiger partial charge is 0.469 e. The van der Waals surface area contributed by atoms with E-state index in [9.17, 15) is 29.9 Å². The second-order valence-electron chi connectivity index (χ2n) is 4.03. The standard InChI is InChI=1S/C12H13NO7/c1-20-11(16)5-10(15)12(17)8-2-7(6-14)3-9(4-8)13(18)19/h2-4,6,10,12,15,17H,5H2,1H3. The monoisotopic (exact) mass is 283 g/mol. The highest BCUT2D eigenvalue weighted by Crippen LogP contribution is 2.25. The van der Waals surface area contributed by atoms with Gasteiger partial charge in [0, 0.05) is 17.7 Å². The maximum Gasteiger partial charge on any atom is 0.308 e. The van der Waals surface area contributed by atoms with Gasteiger partial charge in [0.05, 0.1) is 24.6 Å². The molecule has 0 aliphatic rings. The number of aliphatic hydroxyl groups excluding tert-OH is 2. The molecule has 2 N–H and O–H groups in total. The van der Waals surface area contributed by atoms with E-state index < -0.39 is 35.2 Å². The van der Waals surface area contributed by atoms with Gasteiger partial charge in [-0.25, -0.2) is 0 Å². The Labute approximate surface area is 113 Å². The molecule has 0 saturated heterocycles. The molecule has 0 spiro atoms. The number of nitrogens with zero attached hydrogens (tertiary/aromatic N) is 1. The Bertz CT molecular complexity index is 529. The Morgan fingerprint density at radius 3 is 2.60 bits per heavy atom. The van der Waals surface area contributed by atoms with Crippen molar-refractivity contribution in [2.75, 3.05) is 7.11 Å².